The molecule has 0 aliphatic heterocycles. The molecule has 0 spiro atoms. The number of carbonyl (C=O) groups is 3. The minimum Gasteiger partial charge on any atom is -0.497 e. The molecule has 0 bridgehead atoms. The first-order chi connectivity index (χ1) is 13.0. The Morgan fingerprint density at radius 1 is 1.07 bits per heavy atom. The van der Waals surface area contributed by atoms with Crippen LogP contribution in [0.4, 0.5) is 0 Å². The van der Waals surface area contributed by atoms with Gasteiger partial charge in [-0.05, 0) is 44.5 Å². The highest BCUT2D eigenvalue weighted by Gasteiger charge is 2.18. The van der Waals surface area contributed by atoms with E-state index in [1.165, 1.54) is 38.3 Å². The Balaban J connectivity index is 2.54. The minimum absolute atomic E-state index is 0.118. The molecule has 0 unspecified atom stereocenters. The molecule has 0 saturated heterocycles. The lowest BCUT2D eigenvalue weighted by molar-refractivity contribution is -0.148. The second-order valence-electron chi connectivity index (χ2n) is 7.14. The van der Waals surface area contributed by atoms with E-state index < -0.39 is 18.5 Å². The van der Waals surface area contributed by atoms with E-state index in [1.807, 2.05) is 20.8 Å². The predicted octanol–water partition coefficient (Wildman–Crippen LogP) is 1.63. The highest BCUT2D eigenvalue weighted by molar-refractivity contribution is 5.90. The number of likely N-dealkylation sites (N-methyl/N-ethyl adjacent to an activating group) is 1. The Morgan fingerprint density at radius 2 is 1.64 bits per heavy atom. The number of hydrogen-bond donors (Lipinski definition) is 1. The summed E-state index contributed by atoms with van der Waals surface area (Å²) in [7, 11) is 4.53. The zero-order chi connectivity index (χ0) is 21.3. The molecule has 0 aliphatic carbocycles. The number of carbonyl (C=O) groups excluding carboxylic acids is 3. The van der Waals surface area contributed by atoms with E-state index in [1.54, 1.807) is 18.2 Å². The summed E-state index contributed by atoms with van der Waals surface area (Å²) >= 11 is 0. The first-order valence-corrected chi connectivity index (χ1v) is 8.67. The number of nitrogens with zero attached hydrogens (tertiary/aromatic N) is 1. The SMILES string of the molecule is COc1cc(/C=C/C(=O)OCC(=O)N(C)CC(=O)NC(C)(C)C)cc(OC)c1. The summed E-state index contributed by atoms with van der Waals surface area (Å²) < 4.78 is 15.2. The van der Waals surface area contributed by atoms with Gasteiger partial charge in [-0.3, -0.25) is 9.59 Å². The Kier molecular flexibility index (Phi) is 8.50. The molecule has 2 amide bonds. The van der Waals surface area contributed by atoms with E-state index in [0.29, 0.717) is 17.1 Å². The number of rotatable bonds is 8. The van der Waals surface area contributed by atoms with Gasteiger partial charge in [-0.1, -0.05) is 0 Å². The third kappa shape index (κ3) is 8.57. The molecule has 0 radical (unpaired) electrons. The lowest BCUT2D eigenvalue weighted by atomic mass is 10.1. The van der Waals surface area contributed by atoms with Gasteiger partial charge in [-0.25, -0.2) is 4.79 Å². The van der Waals surface area contributed by atoms with Gasteiger partial charge >= 0.3 is 5.97 Å². The number of methoxy groups -OCH3 is 2. The number of hydrogen-bond acceptors (Lipinski definition) is 6. The molecular weight excluding hydrogens is 364 g/mol. The maximum atomic E-state index is 12.0. The highest BCUT2D eigenvalue weighted by Crippen LogP contribution is 2.23. The summed E-state index contributed by atoms with van der Waals surface area (Å²) in [4.78, 5) is 36.9. The average Bonchev–Trinajstić information content (AvgIpc) is 2.62. The van der Waals surface area contributed by atoms with Crippen LogP contribution in [-0.2, 0) is 19.1 Å². The number of ether oxygens (including phenoxy) is 3. The van der Waals surface area contributed by atoms with Gasteiger partial charge < -0.3 is 24.4 Å². The Morgan fingerprint density at radius 3 is 2.14 bits per heavy atom. The van der Waals surface area contributed by atoms with Gasteiger partial charge in [0.1, 0.15) is 11.5 Å². The molecule has 28 heavy (non-hydrogen) atoms. The van der Waals surface area contributed by atoms with Crippen LogP contribution in [0.2, 0.25) is 0 Å². The maximum absolute atomic E-state index is 12.0. The predicted molar refractivity (Wildman–Crippen MR) is 105 cm³/mol. The van der Waals surface area contributed by atoms with Crippen LogP contribution >= 0.6 is 0 Å². The number of amides is 2. The molecule has 1 N–H and O–H groups in total. The lowest BCUT2D eigenvalue weighted by Gasteiger charge is -2.23. The third-order valence-electron chi connectivity index (χ3n) is 3.44. The summed E-state index contributed by atoms with van der Waals surface area (Å²) in [5.41, 5.74) is 0.288. The van der Waals surface area contributed by atoms with Gasteiger partial charge in [-0.2, -0.15) is 0 Å². The monoisotopic (exact) mass is 392 g/mol. The fourth-order valence-corrected chi connectivity index (χ4v) is 2.14. The van der Waals surface area contributed by atoms with E-state index in [-0.39, 0.29) is 18.0 Å². The molecule has 1 rings (SSSR count). The van der Waals surface area contributed by atoms with Crippen molar-refractivity contribution in [3.63, 3.8) is 0 Å². The summed E-state index contributed by atoms with van der Waals surface area (Å²) in [6.07, 6.45) is 2.73. The van der Waals surface area contributed by atoms with E-state index in [4.69, 9.17) is 14.2 Å². The summed E-state index contributed by atoms with van der Waals surface area (Å²) in [5, 5.41) is 2.75. The Bertz CT molecular complexity index is 714. The second-order valence-corrected chi connectivity index (χ2v) is 7.14. The molecule has 8 nitrogen and oxygen atoms in total. The van der Waals surface area contributed by atoms with Crippen LogP contribution in [0.25, 0.3) is 6.08 Å². The van der Waals surface area contributed by atoms with Crippen LogP contribution in [0.5, 0.6) is 11.5 Å². The van der Waals surface area contributed by atoms with Gasteiger partial charge in [0.2, 0.25) is 5.91 Å². The molecule has 0 saturated carbocycles. The fraction of sp³-hybridized carbons (Fsp3) is 0.450. The first kappa shape index (κ1) is 23.0. The van der Waals surface area contributed by atoms with Crippen molar-refractivity contribution >= 4 is 23.9 Å². The molecule has 0 aliphatic rings. The summed E-state index contributed by atoms with van der Waals surface area (Å²) in [5.74, 6) is -0.284. The first-order valence-electron chi connectivity index (χ1n) is 8.67. The molecule has 1 aromatic carbocycles. The topological polar surface area (TPSA) is 94.2 Å². The number of nitrogens with one attached hydrogen (secondary N) is 1. The summed E-state index contributed by atoms with van der Waals surface area (Å²) in [6.45, 7) is 4.97. The molecule has 8 heteroatoms. The fourth-order valence-electron chi connectivity index (χ4n) is 2.14. The Hall–Kier alpha value is -3.03. The minimum atomic E-state index is -0.678. The van der Waals surface area contributed by atoms with Gasteiger partial charge in [0.25, 0.3) is 5.91 Å². The van der Waals surface area contributed by atoms with Crippen molar-refractivity contribution in [3.05, 3.63) is 29.8 Å². The summed E-state index contributed by atoms with van der Waals surface area (Å²) in [6, 6.07) is 5.15. The average molecular weight is 392 g/mol. The van der Waals surface area contributed by atoms with Crippen molar-refractivity contribution in [1.82, 2.24) is 10.2 Å². The second kappa shape index (κ2) is 10.3. The van der Waals surface area contributed by atoms with Gasteiger partial charge in [0.05, 0.1) is 20.8 Å². The number of benzene rings is 1. The van der Waals surface area contributed by atoms with Crippen molar-refractivity contribution in [2.75, 3.05) is 34.4 Å². The normalized spacial score (nSPS) is 11.1. The molecule has 0 aromatic heterocycles. The van der Waals surface area contributed by atoms with Crippen molar-refractivity contribution in [1.29, 1.82) is 0 Å². The van der Waals surface area contributed by atoms with Crippen LogP contribution < -0.4 is 14.8 Å². The Labute approximate surface area is 165 Å². The van der Waals surface area contributed by atoms with E-state index in [9.17, 15) is 14.4 Å². The molecule has 0 atom stereocenters. The van der Waals surface area contributed by atoms with Crippen molar-refractivity contribution in [3.8, 4) is 11.5 Å². The van der Waals surface area contributed by atoms with Gasteiger partial charge in [0, 0.05) is 24.7 Å². The largest absolute Gasteiger partial charge is 0.497 e. The van der Waals surface area contributed by atoms with E-state index in [2.05, 4.69) is 5.32 Å². The molecule has 0 fully saturated rings. The highest BCUT2D eigenvalue weighted by atomic mass is 16.5. The van der Waals surface area contributed by atoms with E-state index >= 15 is 0 Å². The van der Waals surface area contributed by atoms with Crippen molar-refractivity contribution in [2.45, 2.75) is 26.3 Å². The zero-order valence-electron chi connectivity index (χ0n) is 17.2. The van der Waals surface area contributed by atoms with Crippen molar-refractivity contribution < 1.29 is 28.6 Å². The molecular formula is C20H28N2O6. The smallest absolute Gasteiger partial charge is 0.331 e. The van der Waals surface area contributed by atoms with Crippen LogP contribution in [0.15, 0.2) is 24.3 Å². The van der Waals surface area contributed by atoms with Crippen LogP contribution in [0.3, 0.4) is 0 Å². The standard InChI is InChI=1S/C20H28N2O6/c1-20(2,3)21-17(23)12-22(4)18(24)13-28-19(25)8-7-14-9-15(26-5)11-16(10-14)27-6/h7-11H,12-13H2,1-6H3,(H,21,23)/b8-7+. The van der Waals surface area contributed by atoms with Gasteiger partial charge in [0.15, 0.2) is 6.61 Å². The molecule has 1 aromatic rings. The van der Waals surface area contributed by atoms with Crippen LogP contribution in [0, 0.1) is 0 Å². The van der Waals surface area contributed by atoms with Crippen molar-refractivity contribution in [2.24, 2.45) is 0 Å². The molecule has 154 valence electrons. The molecule has 0 heterocycles. The maximum Gasteiger partial charge on any atom is 0.331 e. The van der Waals surface area contributed by atoms with E-state index in [0.717, 1.165) is 0 Å². The quantitative estimate of drug-likeness (QED) is 0.534. The van der Waals surface area contributed by atoms with Crippen LogP contribution in [-0.4, -0.2) is 62.6 Å². The zero-order valence-corrected chi connectivity index (χ0v) is 17.2. The number of esters is 1. The third-order valence-corrected chi connectivity index (χ3v) is 3.44. The van der Waals surface area contributed by atoms with Crippen LogP contribution in [0.1, 0.15) is 26.3 Å². The van der Waals surface area contributed by atoms with Gasteiger partial charge in [-0.15, -0.1) is 0 Å². The lowest BCUT2D eigenvalue weighted by Crippen LogP contribution is -2.46.